The number of benzene rings is 1. The standard InChI is InChI=1S/C32H49N5O4S.ClH/c1-22-28(42-21-35-22)24-15-13-23(14-16-24)19-34-30(40)26-18-25(38)20-37(26)31(41)29(32(2,3)4)36-27(39)12-10-8-6-5-7-9-11-17-33;/h13-16,21,25-26,29,38H,5-12,17-20,33H2,1-4H3,(H,34,40)(H,36,39);1H/t25-,26+,29?;/m1./s1. The van der Waals surface area contributed by atoms with E-state index in [1.165, 1.54) is 11.3 Å². The molecular formula is C32H50ClN5O4S. The summed E-state index contributed by atoms with van der Waals surface area (Å²) in [5, 5.41) is 16.3. The highest BCUT2D eigenvalue weighted by Gasteiger charge is 2.44. The summed E-state index contributed by atoms with van der Waals surface area (Å²) in [7, 11) is 0. The Morgan fingerprint density at radius 2 is 1.70 bits per heavy atom. The fourth-order valence-electron chi connectivity index (χ4n) is 5.33. The van der Waals surface area contributed by atoms with Crippen LogP contribution in [0.2, 0.25) is 0 Å². The van der Waals surface area contributed by atoms with E-state index in [9.17, 15) is 19.5 Å². The Bertz CT molecular complexity index is 1170. The van der Waals surface area contributed by atoms with Crippen LogP contribution >= 0.6 is 23.7 Å². The van der Waals surface area contributed by atoms with Crippen molar-refractivity contribution in [2.75, 3.05) is 13.1 Å². The number of amides is 3. The lowest BCUT2D eigenvalue weighted by Crippen LogP contribution is -2.57. The van der Waals surface area contributed by atoms with Crippen molar-refractivity contribution < 1.29 is 19.5 Å². The number of rotatable bonds is 15. The minimum absolute atomic E-state index is 0. The normalized spacial score (nSPS) is 17.3. The molecule has 1 unspecified atom stereocenters. The SMILES string of the molecule is Cc1ncsc1-c1ccc(CNC(=O)[C@@H]2C[C@@H](O)CN2C(=O)C(NC(=O)CCCCCCCCCN)C(C)(C)C)cc1.Cl. The molecule has 0 spiro atoms. The monoisotopic (exact) mass is 635 g/mol. The molecule has 3 rings (SSSR count). The number of β-amino-alcohol motifs (C(OH)–C–C–N with tert-alkyl or cyclic N) is 1. The zero-order valence-corrected chi connectivity index (χ0v) is 27.7. The molecule has 2 aromatic rings. The number of nitrogens with two attached hydrogens (primary N) is 1. The minimum Gasteiger partial charge on any atom is -0.391 e. The molecular weight excluding hydrogens is 586 g/mol. The molecule has 9 nitrogen and oxygen atoms in total. The van der Waals surface area contributed by atoms with Crippen LogP contribution in [-0.4, -0.2) is 64.0 Å². The summed E-state index contributed by atoms with van der Waals surface area (Å²) < 4.78 is 0. The number of aliphatic hydroxyl groups excluding tert-OH is 1. The summed E-state index contributed by atoms with van der Waals surface area (Å²) in [5.74, 6) is -0.811. The molecule has 43 heavy (non-hydrogen) atoms. The van der Waals surface area contributed by atoms with Crippen LogP contribution in [0.1, 0.15) is 89.8 Å². The van der Waals surface area contributed by atoms with Crippen molar-refractivity contribution in [2.45, 2.75) is 110 Å². The van der Waals surface area contributed by atoms with Gasteiger partial charge in [0.15, 0.2) is 0 Å². The summed E-state index contributed by atoms with van der Waals surface area (Å²) in [6, 6.07) is 6.36. The van der Waals surface area contributed by atoms with Crippen LogP contribution in [0.5, 0.6) is 0 Å². The van der Waals surface area contributed by atoms with Crippen LogP contribution in [0.4, 0.5) is 0 Å². The van der Waals surface area contributed by atoms with E-state index in [2.05, 4.69) is 15.6 Å². The minimum atomic E-state index is -0.801. The van der Waals surface area contributed by atoms with Gasteiger partial charge < -0.3 is 26.4 Å². The molecule has 1 aliphatic heterocycles. The third kappa shape index (κ3) is 11.2. The van der Waals surface area contributed by atoms with E-state index in [1.807, 2.05) is 57.5 Å². The molecule has 3 atom stereocenters. The van der Waals surface area contributed by atoms with E-state index < -0.39 is 23.6 Å². The van der Waals surface area contributed by atoms with Gasteiger partial charge in [0.05, 0.1) is 22.2 Å². The number of likely N-dealkylation sites (tertiary alicyclic amines) is 1. The number of thiazole rings is 1. The Kier molecular flexibility index (Phi) is 15.1. The van der Waals surface area contributed by atoms with E-state index in [0.29, 0.717) is 13.0 Å². The van der Waals surface area contributed by atoms with Crippen molar-refractivity contribution in [3.05, 3.63) is 41.0 Å². The van der Waals surface area contributed by atoms with Crippen molar-refractivity contribution in [3.63, 3.8) is 0 Å². The van der Waals surface area contributed by atoms with Gasteiger partial charge in [0.25, 0.3) is 0 Å². The molecule has 1 fully saturated rings. The highest BCUT2D eigenvalue weighted by Crippen LogP contribution is 2.28. The maximum Gasteiger partial charge on any atom is 0.246 e. The van der Waals surface area contributed by atoms with Crippen molar-refractivity contribution in [3.8, 4) is 10.4 Å². The average molecular weight is 636 g/mol. The molecule has 1 aliphatic rings. The Balaban J connectivity index is 0.00000645. The number of aryl methyl sites for hydroxylation is 1. The number of halogens is 1. The zero-order chi connectivity index (χ0) is 30.7. The summed E-state index contributed by atoms with van der Waals surface area (Å²) >= 11 is 1.59. The first-order chi connectivity index (χ1) is 20.0. The van der Waals surface area contributed by atoms with E-state index >= 15 is 0 Å². The van der Waals surface area contributed by atoms with Gasteiger partial charge in [0.2, 0.25) is 17.7 Å². The van der Waals surface area contributed by atoms with Crippen molar-refractivity contribution in [1.82, 2.24) is 20.5 Å². The highest BCUT2D eigenvalue weighted by atomic mass is 35.5. The molecule has 3 amide bonds. The fraction of sp³-hybridized carbons (Fsp3) is 0.625. The van der Waals surface area contributed by atoms with Gasteiger partial charge in [0, 0.05) is 25.9 Å². The summed E-state index contributed by atoms with van der Waals surface area (Å²) in [4.78, 5) is 46.7. The average Bonchev–Trinajstić information content (AvgIpc) is 3.56. The van der Waals surface area contributed by atoms with Gasteiger partial charge in [-0.25, -0.2) is 4.98 Å². The lowest BCUT2D eigenvalue weighted by Gasteiger charge is -2.35. The molecule has 1 aromatic carbocycles. The molecule has 11 heteroatoms. The second-order valence-electron chi connectivity index (χ2n) is 12.5. The van der Waals surface area contributed by atoms with E-state index in [4.69, 9.17) is 5.73 Å². The largest absolute Gasteiger partial charge is 0.391 e. The molecule has 240 valence electrons. The maximum atomic E-state index is 13.7. The summed E-state index contributed by atoms with van der Waals surface area (Å²) in [6.07, 6.45) is 7.06. The number of aromatic nitrogens is 1. The first kappa shape index (κ1) is 36.7. The summed E-state index contributed by atoms with van der Waals surface area (Å²) in [5.41, 5.74) is 9.79. The fourth-order valence-corrected chi connectivity index (χ4v) is 6.14. The van der Waals surface area contributed by atoms with E-state index in [0.717, 1.165) is 66.8 Å². The first-order valence-corrected chi connectivity index (χ1v) is 16.1. The number of nitrogens with zero attached hydrogens (tertiary/aromatic N) is 2. The van der Waals surface area contributed by atoms with Crippen LogP contribution in [-0.2, 0) is 20.9 Å². The Morgan fingerprint density at radius 3 is 2.28 bits per heavy atom. The predicted molar refractivity (Wildman–Crippen MR) is 175 cm³/mol. The first-order valence-electron chi connectivity index (χ1n) is 15.3. The van der Waals surface area contributed by atoms with Gasteiger partial charge in [-0.2, -0.15) is 0 Å². The third-order valence-electron chi connectivity index (χ3n) is 7.82. The lowest BCUT2D eigenvalue weighted by molar-refractivity contribution is -0.144. The van der Waals surface area contributed by atoms with Crippen LogP contribution in [0, 0.1) is 12.3 Å². The van der Waals surface area contributed by atoms with Gasteiger partial charge in [-0.15, -0.1) is 23.7 Å². The van der Waals surface area contributed by atoms with Gasteiger partial charge in [-0.3, -0.25) is 14.4 Å². The predicted octanol–water partition coefficient (Wildman–Crippen LogP) is 4.73. The number of carbonyl (C=O) groups is 3. The van der Waals surface area contributed by atoms with E-state index in [-0.39, 0.29) is 43.1 Å². The molecule has 2 heterocycles. The lowest BCUT2D eigenvalue weighted by atomic mass is 9.85. The quantitative estimate of drug-likeness (QED) is 0.209. The number of hydrogen-bond acceptors (Lipinski definition) is 7. The molecule has 0 aliphatic carbocycles. The van der Waals surface area contributed by atoms with Gasteiger partial charge in [-0.1, -0.05) is 77.1 Å². The van der Waals surface area contributed by atoms with Crippen molar-refractivity contribution in [2.24, 2.45) is 11.1 Å². The topological polar surface area (TPSA) is 138 Å². The van der Waals surface area contributed by atoms with Gasteiger partial charge in [0.1, 0.15) is 12.1 Å². The summed E-state index contributed by atoms with van der Waals surface area (Å²) in [6.45, 7) is 8.78. The molecule has 0 bridgehead atoms. The van der Waals surface area contributed by atoms with Crippen LogP contribution in [0.15, 0.2) is 29.8 Å². The van der Waals surface area contributed by atoms with Crippen molar-refractivity contribution >= 4 is 41.5 Å². The number of carbonyl (C=O) groups excluding carboxylic acids is 3. The highest BCUT2D eigenvalue weighted by molar-refractivity contribution is 7.13. The molecule has 5 N–H and O–H groups in total. The van der Waals surface area contributed by atoms with E-state index in [1.54, 1.807) is 11.3 Å². The zero-order valence-electron chi connectivity index (χ0n) is 26.1. The third-order valence-corrected chi connectivity index (χ3v) is 8.80. The Labute approximate surface area is 266 Å². The Hall–Kier alpha value is -2.53. The Morgan fingerprint density at radius 1 is 1.07 bits per heavy atom. The maximum absolute atomic E-state index is 13.7. The van der Waals surface area contributed by atoms with Crippen LogP contribution in [0.25, 0.3) is 10.4 Å². The number of hydrogen-bond donors (Lipinski definition) is 4. The number of unbranched alkanes of at least 4 members (excludes halogenated alkanes) is 6. The van der Waals surface area contributed by atoms with Gasteiger partial charge in [-0.05, 0) is 42.9 Å². The molecule has 1 saturated heterocycles. The number of aliphatic hydroxyl groups is 1. The second-order valence-corrected chi connectivity index (χ2v) is 13.3. The number of nitrogens with one attached hydrogen (secondary N) is 2. The van der Waals surface area contributed by atoms with Crippen LogP contribution < -0.4 is 16.4 Å². The molecule has 0 radical (unpaired) electrons. The van der Waals surface area contributed by atoms with Crippen LogP contribution in [0.3, 0.4) is 0 Å². The molecule has 1 aromatic heterocycles. The van der Waals surface area contributed by atoms with Crippen molar-refractivity contribution in [1.29, 1.82) is 0 Å². The smallest absolute Gasteiger partial charge is 0.246 e. The molecule has 0 saturated carbocycles. The van der Waals surface area contributed by atoms with Gasteiger partial charge >= 0.3 is 0 Å². The second kappa shape index (κ2) is 17.7.